The van der Waals surface area contributed by atoms with Gasteiger partial charge >= 0.3 is 0 Å². The number of aromatic nitrogens is 3. The van der Waals surface area contributed by atoms with E-state index in [-0.39, 0.29) is 11.6 Å². The van der Waals surface area contributed by atoms with Gasteiger partial charge in [0.15, 0.2) is 5.82 Å². The Bertz CT molecular complexity index is 836. The lowest BCUT2D eigenvalue weighted by atomic mass is 10.2. The molecule has 2 aromatic carbocycles. The van der Waals surface area contributed by atoms with E-state index in [0.717, 1.165) is 5.56 Å². The molecule has 0 saturated carbocycles. The minimum Gasteiger partial charge on any atom is -0.335 e. The molecule has 0 atom stereocenters. The SMILES string of the molecule is Nn1c(SCc2ccc(F)cc2Br)nnc1-c1ccc(F)cc1. The Balaban J connectivity index is 1.78. The topological polar surface area (TPSA) is 56.7 Å². The minimum atomic E-state index is -0.326. The number of rotatable bonds is 4. The Morgan fingerprint density at radius 2 is 1.74 bits per heavy atom. The van der Waals surface area contributed by atoms with Gasteiger partial charge < -0.3 is 5.84 Å². The van der Waals surface area contributed by atoms with Crippen LogP contribution in [-0.4, -0.2) is 14.9 Å². The molecule has 8 heteroatoms. The molecule has 0 unspecified atom stereocenters. The van der Waals surface area contributed by atoms with Gasteiger partial charge in [0.05, 0.1) is 0 Å². The van der Waals surface area contributed by atoms with Gasteiger partial charge in [0.25, 0.3) is 0 Å². The summed E-state index contributed by atoms with van der Waals surface area (Å²) in [5, 5.41) is 8.60. The number of nitrogen functional groups attached to an aromatic ring is 1. The number of hydrogen-bond donors (Lipinski definition) is 1. The van der Waals surface area contributed by atoms with Crippen molar-refractivity contribution < 1.29 is 8.78 Å². The van der Waals surface area contributed by atoms with Gasteiger partial charge in [0.2, 0.25) is 5.16 Å². The first kappa shape index (κ1) is 15.9. The molecule has 3 rings (SSSR count). The quantitative estimate of drug-likeness (QED) is 0.534. The maximum absolute atomic E-state index is 13.1. The summed E-state index contributed by atoms with van der Waals surface area (Å²) in [6.07, 6.45) is 0. The molecule has 23 heavy (non-hydrogen) atoms. The highest BCUT2D eigenvalue weighted by atomic mass is 79.9. The molecule has 0 aliphatic heterocycles. The monoisotopic (exact) mass is 396 g/mol. The van der Waals surface area contributed by atoms with Crippen molar-refractivity contribution in [3.8, 4) is 11.4 Å². The third-order valence-corrected chi connectivity index (χ3v) is 4.87. The lowest BCUT2D eigenvalue weighted by molar-refractivity contribution is 0.626. The Morgan fingerprint density at radius 3 is 2.43 bits per heavy atom. The Hall–Kier alpha value is -1.93. The number of benzene rings is 2. The van der Waals surface area contributed by atoms with Crippen molar-refractivity contribution in [3.63, 3.8) is 0 Å². The van der Waals surface area contributed by atoms with E-state index in [9.17, 15) is 8.78 Å². The summed E-state index contributed by atoms with van der Waals surface area (Å²) in [6, 6.07) is 10.4. The fourth-order valence-electron chi connectivity index (χ4n) is 1.95. The molecular formula is C15H11BrF2N4S. The maximum atomic E-state index is 13.1. The first-order valence-electron chi connectivity index (χ1n) is 6.58. The van der Waals surface area contributed by atoms with E-state index < -0.39 is 0 Å². The average Bonchev–Trinajstić information content (AvgIpc) is 2.88. The second-order valence-electron chi connectivity index (χ2n) is 4.71. The highest BCUT2D eigenvalue weighted by molar-refractivity contribution is 9.10. The fraction of sp³-hybridized carbons (Fsp3) is 0.0667. The van der Waals surface area contributed by atoms with Crippen LogP contribution in [0, 0.1) is 11.6 Å². The van der Waals surface area contributed by atoms with Gasteiger partial charge in [-0.3, -0.25) is 0 Å². The van der Waals surface area contributed by atoms with Gasteiger partial charge in [-0.1, -0.05) is 33.8 Å². The summed E-state index contributed by atoms with van der Waals surface area (Å²) in [7, 11) is 0. The van der Waals surface area contributed by atoms with Crippen LogP contribution in [0.2, 0.25) is 0 Å². The molecule has 118 valence electrons. The van der Waals surface area contributed by atoms with Crippen LogP contribution < -0.4 is 5.84 Å². The Morgan fingerprint density at radius 1 is 1.04 bits per heavy atom. The molecule has 0 fully saturated rings. The number of hydrogen-bond acceptors (Lipinski definition) is 4. The van der Waals surface area contributed by atoms with Crippen molar-refractivity contribution in [3.05, 3.63) is 64.1 Å². The van der Waals surface area contributed by atoms with E-state index in [2.05, 4.69) is 26.1 Å². The van der Waals surface area contributed by atoms with E-state index in [1.54, 1.807) is 18.2 Å². The highest BCUT2D eigenvalue weighted by Gasteiger charge is 2.13. The van der Waals surface area contributed by atoms with Crippen LogP contribution in [0.1, 0.15) is 5.56 Å². The van der Waals surface area contributed by atoms with Crippen LogP contribution in [0.15, 0.2) is 52.1 Å². The lowest BCUT2D eigenvalue weighted by Gasteiger charge is -2.05. The molecule has 0 spiro atoms. The molecule has 4 nitrogen and oxygen atoms in total. The van der Waals surface area contributed by atoms with Crippen molar-refractivity contribution in [1.29, 1.82) is 0 Å². The van der Waals surface area contributed by atoms with E-state index >= 15 is 0 Å². The zero-order valence-corrected chi connectivity index (χ0v) is 14.1. The van der Waals surface area contributed by atoms with Crippen LogP contribution in [0.3, 0.4) is 0 Å². The molecule has 0 saturated heterocycles. The average molecular weight is 397 g/mol. The normalized spacial score (nSPS) is 10.9. The molecular weight excluding hydrogens is 386 g/mol. The van der Waals surface area contributed by atoms with Crippen LogP contribution in [0.5, 0.6) is 0 Å². The van der Waals surface area contributed by atoms with Crippen molar-refractivity contribution in [2.75, 3.05) is 5.84 Å². The number of nitrogens with zero attached hydrogens (tertiary/aromatic N) is 3. The lowest BCUT2D eigenvalue weighted by Crippen LogP contribution is -2.11. The first-order valence-corrected chi connectivity index (χ1v) is 8.35. The maximum Gasteiger partial charge on any atom is 0.210 e. The summed E-state index contributed by atoms with van der Waals surface area (Å²) in [6.45, 7) is 0. The van der Waals surface area contributed by atoms with Crippen molar-refractivity contribution in [2.24, 2.45) is 0 Å². The van der Waals surface area contributed by atoms with Gasteiger partial charge in [-0.15, -0.1) is 10.2 Å². The number of thioether (sulfide) groups is 1. The van der Waals surface area contributed by atoms with Crippen LogP contribution in [0.25, 0.3) is 11.4 Å². The van der Waals surface area contributed by atoms with Crippen LogP contribution in [0.4, 0.5) is 8.78 Å². The summed E-state index contributed by atoms with van der Waals surface area (Å²) in [5.74, 6) is 6.38. The van der Waals surface area contributed by atoms with Crippen molar-refractivity contribution in [2.45, 2.75) is 10.9 Å². The van der Waals surface area contributed by atoms with Gasteiger partial charge in [0, 0.05) is 15.8 Å². The Labute approximate surface area is 143 Å². The molecule has 2 N–H and O–H groups in total. The second-order valence-corrected chi connectivity index (χ2v) is 6.50. The smallest absolute Gasteiger partial charge is 0.210 e. The first-order chi connectivity index (χ1) is 11.0. The van der Waals surface area contributed by atoms with Gasteiger partial charge in [-0.25, -0.2) is 13.5 Å². The highest BCUT2D eigenvalue weighted by Crippen LogP contribution is 2.28. The summed E-state index contributed by atoms with van der Waals surface area (Å²) in [4.78, 5) is 0. The third-order valence-electron chi connectivity index (χ3n) is 3.14. The zero-order valence-electron chi connectivity index (χ0n) is 11.7. The van der Waals surface area contributed by atoms with Gasteiger partial charge in [-0.05, 0) is 42.0 Å². The largest absolute Gasteiger partial charge is 0.335 e. The second kappa shape index (κ2) is 6.67. The van der Waals surface area contributed by atoms with Gasteiger partial charge in [0.1, 0.15) is 11.6 Å². The van der Waals surface area contributed by atoms with Crippen LogP contribution in [-0.2, 0) is 5.75 Å². The minimum absolute atomic E-state index is 0.300. The van der Waals surface area contributed by atoms with E-state index in [1.165, 1.54) is 40.7 Å². The molecule has 1 aromatic heterocycles. The molecule has 0 aliphatic rings. The predicted molar refractivity (Wildman–Crippen MR) is 89.2 cm³/mol. The molecule has 1 heterocycles. The molecule has 0 bridgehead atoms. The summed E-state index contributed by atoms with van der Waals surface area (Å²) in [5.41, 5.74) is 1.60. The van der Waals surface area contributed by atoms with Crippen molar-refractivity contribution >= 4 is 27.7 Å². The van der Waals surface area contributed by atoms with Crippen molar-refractivity contribution in [1.82, 2.24) is 14.9 Å². The number of halogens is 3. The summed E-state index contributed by atoms with van der Waals surface area (Å²) >= 11 is 4.70. The predicted octanol–water partition coefficient (Wildman–Crippen LogP) is 3.99. The van der Waals surface area contributed by atoms with E-state index in [1.807, 2.05) is 0 Å². The zero-order chi connectivity index (χ0) is 16.4. The van der Waals surface area contributed by atoms with E-state index in [4.69, 9.17) is 5.84 Å². The van der Waals surface area contributed by atoms with Gasteiger partial charge in [-0.2, -0.15) is 0 Å². The van der Waals surface area contributed by atoms with E-state index in [0.29, 0.717) is 26.8 Å². The third kappa shape index (κ3) is 3.53. The summed E-state index contributed by atoms with van der Waals surface area (Å²) < 4.78 is 28.1. The number of nitrogens with two attached hydrogens (primary N) is 1. The standard InChI is InChI=1S/C15H11BrF2N4S/c16-13-7-12(18)6-3-10(13)8-23-15-21-20-14(22(15)19)9-1-4-11(17)5-2-9/h1-7H,8,19H2. The molecule has 0 amide bonds. The molecule has 3 aromatic rings. The molecule has 0 radical (unpaired) electrons. The Kier molecular flexibility index (Phi) is 4.63. The fourth-order valence-corrected chi connectivity index (χ4v) is 3.49. The molecule has 0 aliphatic carbocycles. The van der Waals surface area contributed by atoms with Crippen LogP contribution >= 0.6 is 27.7 Å².